The van der Waals surface area contributed by atoms with Crippen molar-refractivity contribution in [3.8, 4) is 0 Å². The molecule has 0 aliphatic carbocycles. The van der Waals surface area contributed by atoms with E-state index in [0.29, 0.717) is 6.04 Å². The first-order valence-corrected chi connectivity index (χ1v) is 4.42. The summed E-state index contributed by atoms with van der Waals surface area (Å²) in [6.45, 7) is 3.48. The van der Waals surface area contributed by atoms with Crippen molar-refractivity contribution in [1.29, 1.82) is 0 Å². The van der Waals surface area contributed by atoms with Gasteiger partial charge in [-0.05, 0) is 6.92 Å². The molecular weight excluding hydrogens is 162 g/mol. The highest BCUT2D eigenvalue weighted by atomic mass is 19.3. The lowest BCUT2D eigenvalue weighted by Crippen LogP contribution is -2.52. The fourth-order valence-electron chi connectivity index (χ4n) is 2.13. The monoisotopic (exact) mass is 176 g/mol. The molecule has 2 rings (SSSR count). The van der Waals surface area contributed by atoms with Crippen LogP contribution in [0.25, 0.3) is 0 Å². The van der Waals surface area contributed by atoms with Gasteiger partial charge in [-0.25, -0.2) is 8.78 Å². The van der Waals surface area contributed by atoms with Crippen molar-refractivity contribution < 1.29 is 8.78 Å². The average molecular weight is 176 g/mol. The highest BCUT2D eigenvalue weighted by Gasteiger charge is 2.46. The number of halogens is 2. The van der Waals surface area contributed by atoms with Crippen molar-refractivity contribution in [2.45, 2.75) is 31.4 Å². The summed E-state index contributed by atoms with van der Waals surface area (Å²) in [5.41, 5.74) is 0. The average Bonchev–Trinajstić information content (AvgIpc) is 2.21. The Morgan fingerprint density at radius 2 is 2.25 bits per heavy atom. The summed E-state index contributed by atoms with van der Waals surface area (Å²) in [4.78, 5) is 1.90. The van der Waals surface area contributed by atoms with E-state index in [1.54, 1.807) is 0 Å². The van der Waals surface area contributed by atoms with Crippen LogP contribution in [0, 0.1) is 0 Å². The number of piperazine rings is 1. The Balaban J connectivity index is 2.02. The van der Waals surface area contributed by atoms with Gasteiger partial charge in [-0.15, -0.1) is 0 Å². The third-order valence-electron chi connectivity index (χ3n) is 2.70. The molecule has 2 aliphatic rings. The minimum Gasteiger partial charge on any atom is -0.311 e. The number of hydrogen-bond donors (Lipinski definition) is 1. The molecule has 0 unspecified atom stereocenters. The molecule has 2 fully saturated rings. The van der Waals surface area contributed by atoms with Gasteiger partial charge in [0.25, 0.3) is 5.92 Å². The zero-order chi connectivity index (χ0) is 8.77. The van der Waals surface area contributed by atoms with Gasteiger partial charge in [0.15, 0.2) is 0 Å². The van der Waals surface area contributed by atoms with Crippen molar-refractivity contribution in [2.75, 3.05) is 19.6 Å². The number of nitrogens with zero attached hydrogens (tertiary/aromatic N) is 1. The van der Waals surface area contributed by atoms with Gasteiger partial charge >= 0.3 is 0 Å². The Hall–Kier alpha value is -0.220. The molecule has 0 amide bonds. The van der Waals surface area contributed by atoms with E-state index in [1.165, 1.54) is 0 Å². The van der Waals surface area contributed by atoms with Crippen molar-refractivity contribution >= 4 is 0 Å². The molecular formula is C8H14F2N2. The summed E-state index contributed by atoms with van der Waals surface area (Å²) in [6, 6.07) is 0.423. The minimum atomic E-state index is -2.45. The zero-order valence-electron chi connectivity index (χ0n) is 7.19. The summed E-state index contributed by atoms with van der Waals surface area (Å²) in [5.74, 6) is -2.45. The molecule has 2 aliphatic heterocycles. The molecule has 70 valence electrons. The van der Waals surface area contributed by atoms with Crippen LogP contribution < -0.4 is 5.32 Å². The van der Waals surface area contributed by atoms with E-state index in [-0.39, 0.29) is 19.0 Å². The third kappa shape index (κ3) is 1.45. The highest BCUT2D eigenvalue weighted by Crippen LogP contribution is 2.32. The molecule has 0 spiro atoms. The van der Waals surface area contributed by atoms with Crippen LogP contribution in [-0.4, -0.2) is 42.5 Å². The van der Waals surface area contributed by atoms with Gasteiger partial charge in [-0.3, -0.25) is 4.90 Å². The predicted octanol–water partition coefficient (Wildman–Crippen LogP) is 0.688. The van der Waals surface area contributed by atoms with Crippen LogP contribution in [0.1, 0.15) is 13.3 Å². The first-order valence-electron chi connectivity index (χ1n) is 4.42. The van der Waals surface area contributed by atoms with Crippen LogP contribution in [0.5, 0.6) is 0 Å². The van der Waals surface area contributed by atoms with Crippen LogP contribution in [0.15, 0.2) is 0 Å². The number of rotatable bonds is 0. The topological polar surface area (TPSA) is 15.3 Å². The fraction of sp³-hybridized carbons (Fsp3) is 1.00. The minimum absolute atomic E-state index is 0.0344. The summed E-state index contributed by atoms with van der Waals surface area (Å²) >= 11 is 0. The second kappa shape index (κ2) is 2.64. The molecule has 2 saturated heterocycles. The smallest absolute Gasteiger partial charge is 0.262 e. The van der Waals surface area contributed by atoms with Crippen LogP contribution in [0.4, 0.5) is 8.78 Å². The molecule has 0 aromatic heterocycles. The van der Waals surface area contributed by atoms with Gasteiger partial charge in [0.1, 0.15) is 0 Å². The largest absolute Gasteiger partial charge is 0.311 e. The fourth-order valence-corrected chi connectivity index (χ4v) is 2.13. The maximum absolute atomic E-state index is 12.9. The predicted molar refractivity (Wildman–Crippen MR) is 42.4 cm³/mol. The normalized spacial score (nSPS) is 41.2. The zero-order valence-corrected chi connectivity index (χ0v) is 7.19. The van der Waals surface area contributed by atoms with E-state index >= 15 is 0 Å². The Kier molecular flexibility index (Phi) is 1.84. The molecule has 0 bridgehead atoms. The summed E-state index contributed by atoms with van der Waals surface area (Å²) < 4.78 is 25.8. The van der Waals surface area contributed by atoms with Crippen molar-refractivity contribution in [3.63, 3.8) is 0 Å². The van der Waals surface area contributed by atoms with E-state index in [0.717, 1.165) is 13.1 Å². The van der Waals surface area contributed by atoms with Gasteiger partial charge in [0.2, 0.25) is 0 Å². The Morgan fingerprint density at radius 3 is 3.00 bits per heavy atom. The van der Waals surface area contributed by atoms with E-state index < -0.39 is 5.92 Å². The van der Waals surface area contributed by atoms with Crippen molar-refractivity contribution in [2.24, 2.45) is 0 Å². The van der Waals surface area contributed by atoms with Crippen LogP contribution in [0.2, 0.25) is 0 Å². The third-order valence-corrected chi connectivity index (χ3v) is 2.70. The van der Waals surface area contributed by atoms with Crippen molar-refractivity contribution in [1.82, 2.24) is 10.2 Å². The van der Waals surface area contributed by atoms with Gasteiger partial charge in [0, 0.05) is 31.6 Å². The number of fused-ring (bicyclic) bond motifs is 1. The van der Waals surface area contributed by atoms with Crippen molar-refractivity contribution in [3.05, 3.63) is 0 Å². The summed E-state index contributed by atoms with van der Waals surface area (Å²) in [6.07, 6.45) is 0.0344. The SMILES string of the molecule is C[C@H]1CN2CC(F)(F)C[C@@H]2CN1. The maximum atomic E-state index is 12.9. The van der Waals surface area contributed by atoms with E-state index in [2.05, 4.69) is 5.32 Å². The van der Waals surface area contributed by atoms with Crippen LogP contribution >= 0.6 is 0 Å². The van der Waals surface area contributed by atoms with E-state index in [9.17, 15) is 8.78 Å². The molecule has 1 N–H and O–H groups in total. The summed E-state index contributed by atoms with van der Waals surface area (Å²) in [7, 11) is 0. The Labute approximate surface area is 70.9 Å². The first-order chi connectivity index (χ1) is 5.57. The first kappa shape index (κ1) is 8.38. The van der Waals surface area contributed by atoms with Gasteiger partial charge in [-0.2, -0.15) is 0 Å². The van der Waals surface area contributed by atoms with Crippen LogP contribution in [-0.2, 0) is 0 Å². The standard InChI is InChI=1S/C8H14F2N2/c1-6-4-12-5-8(9,10)2-7(12)3-11-6/h6-7,11H,2-5H2,1H3/t6-,7+/m0/s1. The number of hydrogen-bond acceptors (Lipinski definition) is 2. The van der Waals surface area contributed by atoms with E-state index in [4.69, 9.17) is 0 Å². The molecule has 2 atom stereocenters. The van der Waals surface area contributed by atoms with Gasteiger partial charge < -0.3 is 5.32 Å². The van der Waals surface area contributed by atoms with E-state index in [1.807, 2.05) is 11.8 Å². The lowest BCUT2D eigenvalue weighted by atomic mass is 10.1. The molecule has 0 radical (unpaired) electrons. The molecule has 4 heteroatoms. The quantitative estimate of drug-likeness (QED) is 0.584. The molecule has 0 aromatic carbocycles. The number of alkyl halides is 2. The molecule has 12 heavy (non-hydrogen) atoms. The molecule has 0 aromatic rings. The Bertz CT molecular complexity index is 184. The van der Waals surface area contributed by atoms with Gasteiger partial charge in [0.05, 0.1) is 6.54 Å². The summed E-state index contributed by atoms with van der Waals surface area (Å²) in [5, 5.41) is 3.22. The molecule has 2 nitrogen and oxygen atoms in total. The molecule has 2 heterocycles. The second-order valence-electron chi connectivity index (χ2n) is 3.95. The molecule has 0 saturated carbocycles. The Morgan fingerprint density at radius 1 is 1.50 bits per heavy atom. The lowest BCUT2D eigenvalue weighted by molar-refractivity contribution is 0.0119. The maximum Gasteiger partial charge on any atom is 0.262 e. The highest BCUT2D eigenvalue weighted by molar-refractivity contribution is 4.95. The number of nitrogens with one attached hydrogen (secondary N) is 1. The second-order valence-corrected chi connectivity index (χ2v) is 3.95. The lowest BCUT2D eigenvalue weighted by Gasteiger charge is -2.33. The van der Waals surface area contributed by atoms with Crippen LogP contribution in [0.3, 0.4) is 0 Å². The van der Waals surface area contributed by atoms with Gasteiger partial charge in [-0.1, -0.05) is 0 Å².